The van der Waals surface area contributed by atoms with E-state index in [0.29, 0.717) is 0 Å². The molecule has 162 valence electrons. The highest BCUT2D eigenvalue weighted by Crippen LogP contribution is 2.34. The zero-order valence-corrected chi connectivity index (χ0v) is 20.8. The molecular formula is C31H29NSi. The van der Waals surface area contributed by atoms with E-state index in [1.807, 2.05) is 0 Å². The van der Waals surface area contributed by atoms with Crippen LogP contribution >= 0.6 is 0 Å². The lowest BCUT2D eigenvalue weighted by molar-refractivity contribution is 1.38. The van der Waals surface area contributed by atoms with Gasteiger partial charge in [-0.05, 0) is 59.0 Å². The van der Waals surface area contributed by atoms with Crippen molar-refractivity contribution in [2.75, 3.05) is 0 Å². The second kappa shape index (κ2) is 8.46. The summed E-state index contributed by atoms with van der Waals surface area (Å²) in [6.45, 7) is 9.36. The van der Waals surface area contributed by atoms with Crippen molar-refractivity contribution in [3.63, 3.8) is 0 Å². The number of fused-ring (bicyclic) bond motifs is 1. The zero-order chi connectivity index (χ0) is 23.0. The molecule has 0 radical (unpaired) electrons. The first-order chi connectivity index (χ1) is 15.9. The standard InChI is InChI=1S/C31H29NSi/c1-22-17-25(23-11-7-5-8-12-23)19-26(18-22)31-21-28(24-13-9-6-10-14-24)29-20-27(33(2,3)4)15-16-30(29)32-31/h5-21H,1-4H3. The summed E-state index contributed by atoms with van der Waals surface area (Å²) in [5, 5.41) is 2.70. The van der Waals surface area contributed by atoms with Crippen LogP contribution in [0.3, 0.4) is 0 Å². The molecule has 0 amide bonds. The van der Waals surface area contributed by atoms with Gasteiger partial charge in [-0.1, -0.05) is 104 Å². The lowest BCUT2D eigenvalue weighted by Crippen LogP contribution is -2.37. The van der Waals surface area contributed by atoms with Crippen LogP contribution < -0.4 is 5.19 Å². The fraction of sp³-hybridized carbons (Fsp3) is 0.129. The van der Waals surface area contributed by atoms with E-state index in [1.165, 1.54) is 38.4 Å². The van der Waals surface area contributed by atoms with Crippen molar-refractivity contribution in [3.8, 4) is 33.5 Å². The number of rotatable bonds is 4. The zero-order valence-electron chi connectivity index (χ0n) is 19.8. The predicted molar refractivity (Wildman–Crippen MR) is 146 cm³/mol. The van der Waals surface area contributed by atoms with Gasteiger partial charge < -0.3 is 0 Å². The van der Waals surface area contributed by atoms with Gasteiger partial charge in [0.05, 0.1) is 19.3 Å². The number of hydrogen-bond acceptors (Lipinski definition) is 1. The van der Waals surface area contributed by atoms with E-state index in [0.717, 1.165) is 16.8 Å². The Kier molecular flexibility index (Phi) is 5.47. The molecular weight excluding hydrogens is 414 g/mol. The molecule has 0 aliphatic carbocycles. The molecule has 1 aromatic heterocycles. The van der Waals surface area contributed by atoms with Gasteiger partial charge in [0.15, 0.2) is 0 Å². The predicted octanol–water partition coefficient (Wildman–Crippen LogP) is 8.09. The largest absolute Gasteiger partial charge is 0.248 e. The van der Waals surface area contributed by atoms with E-state index in [4.69, 9.17) is 4.98 Å². The Hall–Kier alpha value is -3.49. The third-order valence-corrected chi connectivity index (χ3v) is 8.28. The molecule has 0 spiro atoms. The Morgan fingerprint density at radius 1 is 0.576 bits per heavy atom. The van der Waals surface area contributed by atoms with Gasteiger partial charge in [0.25, 0.3) is 0 Å². The normalized spacial score (nSPS) is 11.6. The highest BCUT2D eigenvalue weighted by atomic mass is 28.3. The summed E-state index contributed by atoms with van der Waals surface area (Å²) in [4.78, 5) is 5.15. The third-order valence-electron chi connectivity index (χ3n) is 6.24. The van der Waals surface area contributed by atoms with Crippen LogP contribution in [0.4, 0.5) is 0 Å². The maximum absolute atomic E-state index is 5.15. The first kappa shape index (κ1) is 21.4. The van der Waals surface area contributed by atoms with E-state index in [2.05, 4.69) is 130 Å². The van der Waals surface area contributed by atoms with E-state index in [-0.39, 0.29) is 0 Å². The lowest BCUT2D eigenvalue weighted by atomic mass is 9.95. The maximum Gasteiger partial charge on any atom is 0.0776 e. The molecule has 0 bridgehead atoms. The molecule has 5 aromatic rings. The SMILES string of the molecule is Cc1cc(-c2ccccc2)cc(-c2cc(-c3ccccc3)c3cc([Si](C)(C)C)ccc3n2)c1. The number of pyridine rings is 1. The van der Waals surface area contributed by atoms with Gasteiger partial charge in [-0.3, -0.25) is 0 Å². The van der Waals surface area contributed by atoms with Gasteiger partial charge in [-0.2, -0.15) is 0 Å². The highest BCUT2D eigenvalue weighted by molar-refractivity contribution is 6.88. The van der Waals surface area contributed by atoms with Crippen LogP contribution in [-0.2, 0) is 0 Å². The summed E-state index contributed by atoms with van der Waals surface area (Å²) in [6.07, 6.45) is 0. The van der Waals surface area contributed by atoms with Crippen molar-refractivity contribution in [2.45, 2.75) is 26.6 Å². The highest BCUT2D eigenvalue weighted by Gasteiger charge is 2.18. The average molecular weight is 444 g/mol. The van der Waals surface area contributed by atoms with Crippen molar-refractivity contribution < 1.29 is 0 Å². The third kappa shape index (κ3) is 4.40. The summed E-state index contributed by atoms with van der Waals surface area (Å²) in [7, 11) is -1.43. The Labute approximate surface area is 197 Å². The molecule has 5 rings (SSSR count). The van der Waals surface area contributed by atoms with E-state index in [9.17, 15) is 0 Å². The smallest absolute Gasteiger partial charge is 0.0776 e. The lowest BCUT2D eigenvalue weighted by Gasteiger charge is -2.19. The molecule has 0 saturated carbocycles. The first-order valence-electron chi connectivity index (χ1n) is 11.6. The van der Waals surface area contributed by atoms with E-state index < -0.39 is 8.07 Å². The Bertz CT molecular complexity index is 1430. The average Bonchev–Trinajstić information content (AvgIpc) is 2.83. The Balaban J connectivity index is 1.75. The number of nitrogens with zero attached hydrogens (tertiary/aromatic N) is 1. The van der Waals surface area contributed by atoms with Crippen molar-refractivity contribution in [3.05, 3.63) is 109 Å². The van der Waals surface area contributed by atoms with Gasteiger partial charge in [0, 0.05) is 10.9 Å². The fourth-order valence-electron chi connectivity index (χ4n) is 4.42. The summed E-state index contributed by atoms with van der Waals surface area (Å²) in [5.74, 6) is 0. The van der Waals surface area contributed by atoms with Gasteiger partial charge in [-0.25, -0.2) is 4.98 Å². The molecule has 4 aromatic carbocycles. The van der Waals surface area contributed by atoms with Gasteiger partial charge in [0.1, 0.15) is 0 Å². The molecule has 0 aliphatic rings. The van der Waals surface area contributed by atoms with Crippen LogP contribution in [0.25, 0.3) is 44.4 Å². The molecule has 0 atom stereocenters. The molecule has 0 saturated heterocycles. The Morgan fingerprint density at radius 2 is 1.21 bits per heavy atom. The number of aryl methyl sites for hydroxylation is 1. The second-order valence-corrected chi connectivity index (χ2v) is 14.9. The van der Waals surface area contributed by atoms with Crippen molar-refractivity contribution in [1.29, 1.82) is 0 Å². The number of benzene rings is 4. The monoisotopic (exact) mass is 443 g/mol. The van der Waals surface area contributed by atoms with Crippen LogP contribution in [0.2, 0.25) is 19.6 Å². The molecule has 0 N–H and O–H groups in total. The minimum atomic E-state index is -1.43. The van der Waals surface area contributed by atoms with Gasteiger partial charge in [0.2, 0.25) is 0 Å². The number of hydrogen-bond donors (Lipinski definition) is 0. The van der Waals surface area contributed by atoms with Crippen LogP contribution in [0, 0.1) is 6.92 Å². The van der Waals surface area contributed by atoms with Crippen LogP contribution in [-0.4, -0.2) is 13.1 Å². The maximum atomic E-state index is 5.15. The van der Waals surface area contributed by atoms with Crippen LogP contribution in [0.5, 0.6) is 0 Å². The van der Waals surface area contributed by atoms with Crippen LogP contribution in [0.15, 0.2) is 103 Å². The molecule has 2 heteroatoms. The molecule has 1 nitrogen and oxygen atoms in total. The van der Waals surface area contributed by atoms with Crippen molar-refractivity contribution in [2.24, 2.45) is 0 Å². The fourth-order valence-corrected chi connectivity index (χ4v) is 5.59. The number of aromatic nitrogens is 1. The van der Waals surface area contributed by atoms with E-state index in [1.54, 1.807) is 0 Å². The van der Waals surface area contributed by atoms with Crippen LogP contribution in [0.1, 0.15) is 5.56 Å². The van der Waals surface area contributed by atoms with Crippen molar-refractivity contribution >= 4 is 24.2 Å². The minimum absolute atomic E-state index is 1.02. The molecule has 1 heterocycles. The summed E-state index contributed by atoms with van der Waals surface area (Å²) < 4.78 is 0. The minimum Gasteiger partial charge on any atom is -0.248 e. The van der Waals surface area contributed by atoms with E-state index >= 15 is 0 Å². The molecule has 0 unspecified atom stereocenters. The molecule has 0 aliphatic heterocycles. The first-order valence-corrected chi connectivity index (χ1v) is 15.1. The summed E-state index contributed by atoms with van der Waals surface area (Å²) in [6, 6.07) is 37.2. The topological polar surface area (TPSA) is 12.9 Å². The molecule has 0 fully saturated rings. The summed E-state index contributed by atoms with van der Waals surface area (Å²) >= 11 is 0. The van der Waals surface area contributed by atoms with Gasteiger partial charge >= 0.3 is 0 Å². The molecule has 33 heavy (non-hydrogen) atoms. The second-order valence-electron chi connectivity index (χ2n) is 9.86. The Morgan fingerprint density at radius 3 is 1.88 bits per heavy atom. The van der Waals surface area contributed by atoms with Gasteiger partial charge in [-0.15, -0.1) is 0 Å². The summed E-state index contributed by atoms with van der Waals surface area (Å²) in [5.41, 5.74) is 9.40. The quantitative estimate of drug-likeness (QED) is 0.256. The van der Waals surface area contributed by atoms with Crippen molar-refractivity contribution in [1.82, 2.24) is 4.98 Å².